The molecule has 6 rings (SSSR count). The summed E-state index contributed by atoms with van der Waals surface area (Å²) < 4.78 is 33.6. The first-order chi connectivity index (χ1) is 17.2. The largest absolute Gasteiger partial charge is 0.384 e. The van der Waals surface area contributed by atoms with E-state index in [-0.39, 0.29) is 34.7 Å². The summed E-state index contributed by atoms with van der Waals surface area (Å²) in [6, 6.07) is 1.97. The maximum absolute atomic E-state index is 14.1. The van der Waals surface area contributed by atoms with Crippen LogP contribution in [0.25, 0.3) is 11.0 Å². The molecule has 1 heterocycles. The minimum atomic E-state index is -0.743. The molecule has 0 saturated heterocycles. The van der Waals surface area contributed by atoms with Gasteiger partial charge >= 0.3 is 0 Å². The lowest BCUT2D eigenvalue weighted by atomic mass is 9.44. The number of hydrogen-bond donors (Lipinski definition) is 0. The van der Waals surface area contributed by atoms with Crippen molar-refractivity contribution in [2.45, 2.75) is 78.2 Å². The lowest BCUT2D eigenvalue weighted by molar-refractivity contribution is -0.154. The number of nitrogens with zero attached hydrogens (tertiary/aromatic N) is 3. The summed E-state index contributed by atoms with van der Waals surface area (Å²) in [5.41, 5.74) is 0.470. The molecule has 1 aromatic carbocycles. The lowest BCUT2D eigenvalue weighted by Gasteiger charge is -2.61. The van der Waals surface area contributed by atoms with Crippen LogP contribution in [0.1, 0.15) is 71.6 Å². The SMILES string of the molecule is COCC12CCC(C)CC1CCC1C2CCC2(C)C1CC[C@@H]2C(=O)Cn1nc2cc(F)cc(F)c2n1. The predicted octanol–water partition coefficient (Wildman–Crippen LogP) is 6.20. The molecule has 36 heavy (non-hydrogen) atoms. The number of ketones is 1. The van der Waals surface area contributed by atoms with Gasteiger partial charge in [-0.25, -0.2) is 8.78 Å². The molecule has 7 unspecified atom stereocenters. The molecule has 4 aliphatic rings. The van der Waals surface area contributed by atoms with E-state index in [1.807, 2.05) is 7.11 Å². The Labute approximate surface area is 212 Å². The third kappa shape index (κ3) is 3.66. The van der Waals surface area contributed by atoms with Gasteiger partial charge in [0, 0.05) is 25.2 Å². The second-order valence-electron chi connectivity index (χ2n) is 12.8. The van der Waals surface area contributed by atoms with Crippen molar-refractivity contribution in [1.82, 2.24) is 15.0 Å². The predicted molar refractivity (Wildman–Crippen MR) is 133 cm³/mol. The van der Waals surface area contributed by atoms with Gasteiger partial charge in [0.2, 0.25) is 0 Å². The summed E-state index contributed by atoms with van der Waals surface area (Å²) in [4.78, 5) is 14.9. The van der Waals surface area contributed by atoms with Gasteiger partial charge in [0.25, 0.3) is 0 Å². The van der Waals surface area contributed by atoms with Gasteiger partial charge in [-0.2, -0.15) is 9.90 Å². The molecule has 1 aromatic heterocycles. The molecule has 4 aliphatic carbocycles. The van der Waals surface area contributed by atoms with Crippen LogP contribution in [-0.2, 0) is 16.1 Å². The zero-order chi connectivity index (χ0) is 25.2. The molecule has 0 spiro atoms. The number of carbonyl (C=O) groups is 1. The van der Waals surface area contributed by atoms with Gasteiger partial charge in [-0.1, -0.05) is 20.3 Å². The number of methoxy groups -OCH3 is 1. The highest BCUT2D eigenvalue weighted by Gasteiger charge is 2.62. The van der Waals surface area contributed by atoms with E-state index < -0.39 is 11.6 Å². The summed E-state index contributed by atoms with van der Waals surface area (Å²) in [6.07, 6.45) is 10.8. The fourth-order valence-electron chi connectivity index (χ4n) is 9.65. The van der Waals surface area contributed by atoms with Crippen LogP contribution < -0.4 is 0 Å². The molecule has 8 atom stereocenters. The van der Waals surface area contributed by atoms with E-state index in [1.165, 1.54) is 49.4 Å². The quantitative estimate of drug-likeness (QED) is 0.492. The van der Waals surface area contributed by atoms with Crippen molar-refractivity contribution in [3.63, 3.8) is 0 Å². The third-order valence-corrected chi connectivity index (χ3v) is 11.2. The van der Waals surface area contributed by atoms with Gasteiger partial charge in [-0.15, -0.1) is 5.10 Å². The Morgan fingerprint density at radius 3 is 2.72 bits per heavy atom. The first kappa shape index (κ1) is 24.4. The third-order valence-electron chi connectivity index (χ3n) is 11.2. The van der Waals surface area contributed by atoms with Crippen molar-refractivity contribution in [3.05, 3.63) is 23.8 Å². The number of aromatic nitrogens is 3. The van der Waals surface area contributed by atoms with Gasteiger partial charge in [0.05, 0.1) is 6.61 Å². The van der Waals surface area contributed by atoms with E-state index in [9.17, 15) is 13.6 Å². The van der Waals surface area contributed by atoms with Crippen LogP contribution in [0, 0.1) is 58.0 Å². The summed E-state index contributed by atoms with van der Waals surface area (Å²) in [6.45, 7) is 5.66. The topological polar surface area (TPSA) is 57.0 Å². The number of rotatable bonds is 5. The maximum atomic E-state index is 14.1. The smallest absolute Gasteiger partial charge is 0.159 e. The molecular formula is C29H39F2N3O2. The first-order valence-electron chi connectivity index (χ1n) is 14.0. The summed E-state index contributed by atoms with van der Waals surface area (Å²) in [7, 11) is 1.87. The highest BCUT2D eigenvalue weighted by Crippen LogP contribution is 2.68. The van der Waals surface area contributed by atoms with Crippen LogP contribution >= 0.6 is 0 Å². The molecule has 0 aliphatic heterocycles. The van der Waals surface area contributed by atoms with E-state index in [2.05, 4.69) is 24.0 Å². The monoisotopic (exact) mass is 499 g/mol. The fourth-order valence-corrected chi connectivity index (χ4v) is 9.65. The standard InChI is InChI=1S/C29H39F2N3O2/c1-17-8-11-29(16-36-3)18(12-17)4-5-20-21-6-7-23(28(21,2)10-9-22(20)29)26(35)15-34-32-25-14-19(30)13-24(31)27(25)33-34/h13-14,17-18,20-23H,4-12,15-16H2,1-3H3/t17?,18?,20?,21?,22?,23-,28?,29?/m1/s1. The Morgan fingerprint density at radius 1 is 1.08 bits per heavy atom. The Kier molecular flexibility index (Phi) is 6.01. The number of Topliss-reactive ketones (excluding diaryl/α,β-unsaturated/α-hetero) is 1. The second kappa shape index (κ2) is 8.85. The van der Waals surface area contributed by atoms with E-state index in [1.54, 1.807) is 0 Å². The summed E-state index contributed by atoms with van der Waals surface area (Å²) in [5.74, 6) is 2.20. The van der Waals surface area contributed by atoms with Gasteiger partial charge in [-0.05, 0) is 91.8 Å². The van der Waals surface area contributed by atoms with Crippen LogP contribution in [-0.4, -0.2) is 34.5 Å². The number of carbonyl (C=O) groups excluding carboxylic acids is 1. The molecule has 0 N–H and O–H groups in total. The number of fused-ring (bicyclic) bond motifs is 6. The Balaban J connectivity index is 1.22. The molecule has 196 valence electrons. The van der Waals surface area contributed by atoms with Crippen LogP contribution in [0.3, 0.4) is 0 Å². The maximum Gasteiger partial charge on any atom is 0.159 e. The van der Waals surface area contributed by atoms with Gasteiger partial charge in [0.15, 0.2) is 11.6 Å². The Hall–Kier alpha value is -1.89. The van der Waals surface area contributed by atoms with Gasteiger partial charge in [0.1, 0.15) is 23.4 Å². The molecule has 7 heteroatoms. The zero-order valence-corrected chi connectivity index (χ0v) is 21.8. The highest BCUT2D eigenvalue weighted by atomic mass is 19.1. The van der Waals surface area contributed by atoms with Crippen LogP contribution in [0.15, 0.2) is 12.1 Å². The number of hydrogen-bond acceptors (Lipinski definition) is 4. The summed E-state index contributed by atoms with van der Waals surface area (Å²) in [5, 5.41) is 8.38. The molecule has 4 saturated carbocycles. The molecule has 4 fully saturated rings. The van der Waals surface area contributed by atoms with Gasteiger partial charge in [-0.3, -0.25) is 4.79 Å². The van der Waals surface area contributed by atoms with E-state index in [0.717, 1.165) is 43.8 Å². The minimum Gasteiger partial charge on any atom is -0.384 e. The van der Waals surface area contributed by atoms with Crippen LogP contribution in [0.4, 0.5) is 8.78 Å². The second-order valence-corrected chi connectivity index (χ2v) is 12.8. The molecule has 0 bridgehead atoms. The van der Waals surface area contributed by atoms with E-state index in [0.29, 0.717) is 23.2 Å². The van der Waals surface area contributed by atoms with Crippen molar-refractivity contribution in [2.24, 2.45) is 46.3 Å². The number of ether oxygens (including phenoxy) is 1. The Bertz CT molecular complexity index is 1170. The minimum absolute atomic E-state index is 0.00869. The van der Waals surface area contributed by atoms with Crippen molar-refractivity contribution in [2.75, 3.05) is 13.7 Å². The average molecular weight is 500 g/mol. The molecule has 5 nitrogen and oxygen atoms in total. The van der Waals surface area contributed by atoms with E-state index >= 15 is 0 Å². The van der Waals surface area contributed by atoms with Crippen LogP contribution in [0.5, 0.6) is 0 Å². The van der Waals surface area contributed by atoms with Gasteiger partial charge < -0.3 is 4.74 Å². The van der Waals surface area contributed by atoms with Crippen molar-refractivity contribution < 1.29 is 18.3 Å². The van der Waals surface area contributed by atoms with E-state index in [4.69, 9.17) is 4.74 Å². The lowest BCUT2D eigenvalue weighted by Crippen LogP contribution is -2.56. The molecule has 2 aromatic rings. The summed E-state index contributed by atoms with van der Waals surface area (Å²) >= 11 is 0. The number of halogens is 2. The average Bonchev–Trinajstić information content (AvgIpc) is 3.39. The molecule has 0 radical (unpaired) electrons. The highest BCUT2D eigenvalue weighted by molar-refractivity contribution is 5.82. The van der Waals surface area contributed by atoms with Crippen molar-refractivity contribution >= 4 is 16.8 Å². The fraction of sp³-hybridized carbons (Fsp3) is 0.759. The van der Waals surface area contributed by atoms with Crippen molar-refractivity contribution in [3.8, 4) is 0 Å². The number of benzene rings is 1. The zero-order valence-electron chi connectivity index (χ0n) is 21.8. The molecule has 0 amide bonds. The van der Waals surface area contributed by atoms with Crippen LogP contribution in [0.2, 0.25) is 0 Å². The first-order valence-corrected chi connectivity index (χ1v) is 14.0. The normalized spacial score (nSPS) is 40.0. The van der Waals surface area contributed by atoms with Crippen molar-refractivity contribution in [1.29, 1.82) is 0 Å². The molecular weight excluding hydrogens is 460 g/mol. The Morgan fingerprint density at radius 2 is 1.92 bits per heavy atom.